The maximum Gasteiger partial charge on any atom is 0.258 e. The van der Waals surface area contributed by atoms with Gasteiger partial charge in [0.05, 0.1) is 17.4 Å². The second-order valence-corrected chi connectivity index (χ2v) is 8.53. The van der Waals surface area contributed by atoms with Crippen molar-refractivity contribution in [3.8, 4) is 0 Å². The van der Waals surface area contributed by atoms with Crippen LogP contribution in [0.25, 0.3) is 0 Å². The van der Waals surface area contributed by atoms with Crippen molar-refractivity contribution in [2.45, 2.75) is 13.3 Å². The fourth-order valence-corrected chi connectivity index (χ4v) is 5.37. The van der Waals surface area contributed by atoms with E-state index in [2.05, 4.69) is 0 Å². The van der Waals surface area contributed by atoms with Crippen molar-refractivity contribution in [3.63, 3.8) is 0 Å². The summed E-state index contributed by atoms with van der Waals surface area (Å²) < 4.78 is 25.4. The number of anilines is 2. The number of fused-ring (bicyclic) bond motifs is 1. The molecule has 0 unspecified atom stereocenters. The minimum atomic E-state index is -3.69. The van der Waals surface area contributed by atoms with E-state index in [1.54, 1.807) is 30.0 Å². The Morgan fingerprint density at radius 2 is 1.88 bits per heavy atom. The van der Waals surface area contributed by atoms with Crippen molar-refractivity contribution < 1.29 is 18.0 Å². The minimum Gasteiger partial charge on any atom is -0.308 e. The van der Waals surface area contributed by atoms with E-state index in [4.69, 9.17) is 0 Å². The van der Waals surface area contributed by atoms with Crippen LogP contribution >= 0.6 is 0 Å². The molecule has 0 saturated carbocycles. The van der Waals surface area contributed by atoms with E-state index in [-0.39, 0.29) is 17.3 Å². The lowest BCUT2D eigenvalue weighted by Crippen LogP contribution is -2.31. The van der Waals surface area contributed by atoms with Gasteiger partial charge in [-0.3, -0.25) is 9.59 Å². The van der Waals surface area contributed by atoms with Crippen molar-refractivity contribution in [2.75, 3.05) is 21.5 Å². The highest BCUT2D eigenvalue weighted by Crippen LogP contribution is 2.31. The molecule has 26 heavy (non-hydrogen) atoms. The molecule has 134 valence electrons. The van der Waals surface area contributed by atoms with Crippen molar-refractivity contribution in [3.05, 3.63) is 59.7 Å². The molecule has 1 saturated heterocycles. The van der Waals surface area contributed by atoms with Crippen molar-refractivity contribution >= 4 is 33.2 Å². The second-order valence-electron chi connectivity index (χ2n) is 6.67. The Morgan fingerprint density at radius 1 is 1.12 bits per heavy atom. The smallest absolute Gasteiger partial charge is 0.258 e. The van der Waals surface area contributed by atoms with Gasteiger partial charge in [0.1, 0.15) is 0 Å². The number of hydrogen-bond acceptors (Lipinski definition) is 4. The van der Waals surface area contributed by atoms with E-state index in [1.165, 1.54) is 6.07 Å². The molecule has 0 aliphatic carbocycles. The van der Waals surface area contributed by atoms with Crippen molar-refractivity contribution in [1.82, 2.24) is 0 Å². The second kappa shape index (κ2) is 5.95. The lowest BCUT2D eigenvalue weighted by Gasteiger charge is -2.19. The molecule has 4 rings (SSSR count). The molecule has 2 amide bonds. The zero-order chi connectivity index (χ0) is 18.5. The number of para-hydroxylation sites is 1. The molecular weight excluding hydrogens is 352 g/mol. The Kier molecular flexibility index (Phi) is 3.84. The third-order valence-corrected chi connectivity index (χ3v) is 6.69. The highest BCUT2D eigenvalue weighted by atomic mass is 32.2. The summed E-state index contributed by atoms with van der Waals surface area (Å²) in [6.07, 6.45) is 0.790. The molecule has 2 aromatic rings. The molecule has 1 atom stereocenters. The van der Waals surface area contributed by atoms with Gasteiger partial charge in [-0.05, 0) is 36.2 Å². The first-order chi connectivity index (χ1) is 12.4. The average Bonchev–Trinajstić information content (AvgIpc) is 3.13. The van der Waals surface area contributed by atoms with Gasteiger partial charge < -0.3 is 4.90 Å². The van der Waals surface area contributed by atoms with Crippen LogP contribution in [-0.4, -0.2) is 32.5 Å². The van der Waals surface area contributed by atoms with Crippen LogP contribution in [0.5, 0.6) is 0 Å². The molecule has 2 aliphatic heterocycles. The molecule has 0 spiro atoms. The molecule has 6 nitrogen and oxygen atoms in total. The average molecular weight is 370 g/mol. The number of amides is 2. The first-order valence-electron chi connectivity index (χ1n) is 8.45. The summed E-state index contributed by atoms with van der Waals surface area (Å²) >= 11 is 0. The summed E-state index contributed by atoms with van der Waals surface area (Å²) in [6.45, 7) is 2.18. The summed E-state index contributed by atoms with van der Waals surface area (Å²) in [5, 5.41) is 0. The SMILES string of the molecule is C[C@H]1CS(=O)(=O)N(c2cccc(C(=O)N3CCc4ccccc43)c2)C1=O. The molecule has 0 radical (unpaired) electrons. The monoisotopic (exact) mass is 370 g/mol. The third kappa shape index (κ3) is 2.59. The molecule has 0 N–H and O–H groups in total. The van der Waals surface area contributed by atoms with Crippen LogP contribution in [0.15, 0.2) is 48.5 Å². The Morgan fingerprint density at radius 3 is 2.62 bits per heavy atom. The number of nitrogens with zero attached hydrogens (tertiary/aromatic N) is 2. The fraction of sp³-hybridized carbons (Fsp3) is 0.263. The minimum absolute atomic E-state index is 0.200. The van der Waals surface area contributed by atoms with Gasteiger partial charge in [0.2, 0.25) is 15.9 Å². The Balaban J connectivity index is 1.69. The number of rotatable bonds is 2. The lowest BCUT2D eigenvalue weighted by atomic mass is 10.1. The van der Waals surface area contributed by atoms with Gasteiger partial charge in [0.15, 0.2) is 0 Å². The van der Waals surface area contributed by atoms with Gasteiger partial charge in [-0.1, -0.05) is 31.2 Å². The maximum atomic E-state index is 13.0. The Bertz CT molecular complexity index is 1020. The zero-order valence-corrected chi connectivity index (χ0v) is 15.1. The molecule has 2 aromatic carbocycles. The first-order valence-corrected chi connectivity index (χ1v) is 10.1. The van der Waals surface area contributed by atoms with E-state index in [1.807, 2.05) is 24.3 Å². The summed E-state index contributed by atoms with van der Waals surface area (Å²) in [6, 6.07) is 14.0. The van der Waals surface area contributed by atoms with Crippen LogP contribution in [0.4, 0.5) is 11.4 Å². The van der Waals surface area contributed by atoms with Gasteiger partial charge in [-0.15, -0.1) is 0 Å². The molecule has 1 fully saturated rings. The van der Waals surface area contributed by atoms with Gasteiger partial charge in [-0.2, -0.15) is 0 Å². The lowest BCUT2D eigenvalue weighted by molar-refractivity contribution is -0.119. The number of carbonyl (C=O) groups is 2. The molecule has 7 heteroatoms. The van der Waals surface area contributed by atoms with Gasteiger partial charge in [0.25, 0.3) is 5.91 Å². The van der Waals surface area contributed by atoms with E-state index in [9.17, 15) is 18.0 Å². The van der Waals surface area contributed by atoms with Crippen molar-refractivity contribution in [2.24, 2.45) is 5.92 Å². The van der Waals surface area contributed by atoms with Crippen LogP contribution < -0.4 is 9.21 Å². The number of carbonyl (C=O) groups excluding carboxylic acids is 2. The van der Waals surface area contributed by atoms with E-state index < -0.39 is 21.8 Å². The zero-order valence-electron chi connectivity index (χ0n) is 14.3. The maximum absolute atomic E-state index is 13.0. The van der Waals surface area contributed by atoms with E-state index >= 15 is 0 Å². The van der Waals surface area contributed by atoms with Crippen LogP contribution in [0.2, 0.25) is 0 Å². The van der Waals surface area contributed by atoms with E-state index in [0.717, 1.165) is 22.0 Å². The number of hydrogen-bond donors (Lipinski definition) is 0. The fourth-order valence-electron chi connectivity index (χ4n) is 3.56. The van der Waals surface area contributed by atoms with Gasteiger partial charge >= 0.3 is 0 Å². The van der Waals surface area contributed by atoms with Crippen LogP contribution in [-0.2, 0) is 21.2 Å². The predicted molar refractivity (Wildman–Crippen MR) is 98.7 cm³/mol. The number of sulfonamides is 1. The highest BCUT2D eigenvalue weighted by Gasteiger charge is 2.42. The molecule has 2 aliphatic rings. The molecule has 0 bridgehead atoms. The standard InChI is InChI=1S/C19H18N2O4S/c1-13-12-26(24,25)21(18(13)22)16-7-4-6-15(11-16)19(23)20-10-9-14-5-2-3-8-17(14)20/h2-8,11,13H,9-10,12H2,1H3/t13-/m0/s1. The van der Waals surface area contributed by atoms with E-state index in [0.29, 0.717) is 12.1 Å². The topological polar surface area (TPSA) is 74.8 Å². The van der Waals surface area contributed by atoms with Gasteiger partial charge in [0, 0.05) is 17.8 Å². The summed E-state index contributed by atoms with van der Waals surface area (Å²) in [5.74, 6) is -1.44. The summed E-state index contributed by atoms with van der Waals surface area (Å²) in [4.78, 5) is 26.9. The normalized spacial score (nSPS) is 21.1. The Labute approximate surface area is 152 Å². The van der Waals surface area contributed by atoms with Gasteiger partial charge in [-0.25, -0.2) is 12.7 Å². The molecule has 2 heterocycles. The largest absolute Gasteiger partial charge is 0.308 e. The Hall–Kier alpha value is -2.67. The first kappa shape index (κ1) is 16.8. The highest BCUT2D eigenvalue weighted by molar-refractivity contribution is 7.94. The predicted octanol–water partition coefficient (Wildman–Crippen LogP) is 2.20. The van der Waals surface area contributed by atoms with Crippen molar-refractivity contribution in [1.29, 1.82) is 0 Å². The van der Waals surface area contributed by atoms with Crippen LogP contribution in [0, 0.1) is 5.92 Å². The van der Waals surface area contributed by atoms with Crippen LogP contribution in [0.1, 0.15) is 22.8 Å². The number of benzene rings is 2. The summed E-state index contributed by atoms with van der Waals surface area (Å²) in [5.41, 5.74) is 2.57. The van der Waals surface area contributed by atoms with Crippen LogP contribution in [0.3, 0.4) is 0 Å². The quantitative estimate of drug-likeness (QED) is 0.812. The summed E-state index contributed by atoms with van der Waals surface area (Å²) in [7, 11) is -3.69. The molecular formula is C19H18N2O4S. The molecule has 0 aromatic heterocycles. The third-order valence-electron chi connectivity index (χ3n) is 4.82.